The molecule has 1 aromatic carbocycles. The summed E-state index contributed by atoms with van der Waals surface area (Å²) >= 11 is 0. The van der Waals surface area contributed by atoms with Gasteiger partial charge in [0.05, 0.1) is 11.9 Å². The lowest BCUT2D eigenvalue weighted by molar-refractivity contribution is 0.129. The predicted octanol–water partition coefficient (Wildman–Crippen LogP) is 3.34. The molecule has 0 unspecified atom stereocenters. The van der Waals surface area contributed by atoms with Crippen LogP contribution in [0.4, 0.5) is 0 Å². The lowest BCUT2D eigenvalue weighted by Crippen LogP contribution is -2.38. The van der Waals surface area contributed by atoms with Crippen molar-refractivity contribution in [3.63, 3.8) is 0 Å². The van der Waals surface area contributed by atoms with Crippen LogP contribution in [-0.2, 0) is 11.3 Å². The van der Waals surface area contributed by atoms with E-state index in [4.69, 9.17) is 4.74 Å². The second-order valence-electron chi connectivity index (χ2n) is 6.05. The summed E-state index contributed by atoms with van der Waals surface area (Å²) in [5.74, 6) is 1.66. The van der Waals surface area contributed by atoms with Gasteiger partial charge in [-0.05, 0) is 25.3 Å². The number of rotatable bonds is 11. The molecule has 2 aromatic rings. The first-order valence-corrected chi connectivity index (χ1v) is 9.52. The average molecular weight is 358 g/mol. The molecule has 6 nitrogen and oxygen atoms in total. The monoisotopic (exact) mass is 357 g/mol. The van der Waals surface area contributed by atoms with Gasteiger partial charge >= 0.3 is 0 Å². The van der Waals surface area contributed by atoms with Crippen LogP contribution < -0.4 is 10.6 Å². The molecule has 0 bridgehead atoms. The van der Waals surface area contributed by atoms with Gasteiger partial charge in [0, 0.05) is 26.3 Å². The van der Waals surface area contributed by atoms with E-state index in [2.05, 4.69) is 51.6 Å². The third kappa shape index (κ3) is 7.27. The number of hydrogen-bond acceptors (Lipinski definition) is 3. The zero-order valence-corrected chi connectivity index (χ0v) is 15.9. The number of benzene rings is 1. The number of aliphatic imine (C=N–C) groups is 1. The molecular formula is C20H31N5O. The van der Waals surface area contributed by atoms with Gasteiger partial charge in [-0.2, -0.15) is 0 Å². The average Bonchev–Trinajstić information content (AvgIpc) is 3.15. The Bertz CT molecular complexity index is 639. The van der Waals surface area contributed by atoms with Crippen LogP contribution in [0.2, 0.25) is 0 Å². The van der Waals surface area contributed by atoms with Gasteiger partial charge in [0.2, 0.25) is 0 Å². The van der Waals surface area contributed by atoms with Crippen molar-refractivity contribution in [2.45, 2.75) is 39.7 Å². The molecule has 2 rings (SSSR count). The van der Waals surface area contributed by atoms with Crippen molar-refractivity contribution < 1.29 is 4.74 Å². The molecule has 0 spiro atoms. The van der Waals surface area contributed by atoms with Gasteiger partial charge in [-0.15, -0.1) is 0 Å². The number of unbranched alkanes of at least 4 members (excludes halogenated alkanes) is 1. The van der Waals surface area contributed by atoms with E-state index in [1.165, 1.54) is 6.42 Å². The van der Waals surface area contributed by atoms with Crippen LogP contribution in [0.1, 0.15) is 38.9 Å². The molecule has 6 heteroatoms. The fourth-order valence-corrected chi connectivity index (χ4v) is 2.43. The zero-order valence-electron chi connectivity index (χ0n) is 15.9. The standard InChI is InChI=1S/C20H31N5O/c1-3-5-13-26-14-9-12-22-20(21-4-2)24-16-19-23-15-18(25-19)17-10-7-6-8-11-17/h6-8,10-11,15H,3-5,9,12-14,16H2,1-2H3,(H,23,25)(H2,21,22,24). The number of imidazole rings is 1. The van der Waals surface area contributed by atoms with Gasteiger partial charge in [-0.3, -0.25) is 0 Å². The van der Waals surface area contributed by atoms with Crippen molar-refractivity contribution >= 4 is 5.96 Å². The Labute approximate surface area is 156 Å². The molecular weight excluding hydrogens is 326 g/mol. The molecule has 0 atom stereocenters. The van der Waals surface area contributed by atoms with Crippen LogP contribution in [0.15, 0.2) is 41.5 Å². The second-order valence-corrected chi connectivity index (χ2v) is 6.05. The van der Waals surface area contributed by atoms with Gasteiger partial charge in [-0.25, -0.2) is 9.98 Å². The highest BCUT2D eigenvalue weighted by Gasteiger charge is 2.03. The molecule has 3 N–H and O–H groups in total. The van der Waals surface area contributed by atoms with E-state index >= 15 is 0 Å². The Kier molecular flexibility index (Phi) is 9.29. The second kappa shape index (κ2) is 12.1. The number of ether oxygens (including phenoxy) is 1. The summed E-state index contributed by atoms with van der Waals surface area (Å²) in [5, 5.41) is 6.60. The van der Waals surface area contributed by atoms with Crippen molar-refractivity contribution in [1.82, 2.24) is 20.6 Å². The molecule has 0 amide bonds. The number of nitrogens with one attached hydrogen (secondary N) is 3. The largest absolute Gasteiger partial charge is 0.381 e. The molecule has 0 radical (unpaired) electrons. The molecule has 1 heterocycles. The Morgan fingerprint density at radius 3 is 2.69 bits per heavy atom. The zero-order chi connectivity index (χ0) is 18.5. The maximum atomic E-state index is 5.57. The van der Waals surface area contributed by atoms with E-state index in [0.29, 0.717) is 6.54 Å². The predicted molar refractivity (Wildman–Crippen MR) is 107 cm³/mol. The number of guanidine groups is 1. The first-order valence-electron chi connectivity index (χ1n) is 9.52. The van der Waals surface area contributed by atoms with Crippen LogP contribution in [0, 0.1) is 0 Å². The molecule has 0 aliphatic heterocycles. The van der Waals surface area contributed by atoms with Crippen molar-refractivity contribution in [3.8, 4) is 11.3 Å². The molecule has 0 fully saturated rings. The highest BCUT2D eigenvalue weighted by atomic mass is 16.5. The van der Waals surface area contributed by atoms with Gasteiger partial charge in [0.25, 0.3) is 0 Å². The number of nitrogens with zero attached hydrogens (tertiary/aromatic N) is 2. The first-order chi connectivity index (χ1) is 12.8. The van der Waals surface area contributed by atoms with Crippen LogP contribution in [0.3, 0.4) is 0 Å². The summed E-state index contributed by atoms with van der Waals surface area (Å²) < 4.78 is 5.57. The topological polar surface area (TPSA) is 74.3 Å². The smallest absolute Gasteiger partial charge is 0.191 e. The van der Waals surface area contributed by atoms with Crippen molar-refractivity contribution in [2.24, 2.45) is 4.99 Å². The highest BCUT2D eigenvalue weighted by Crippen LogP contribution is 2.16. The molecule has 0 saturated carbocycles. The van der Waals surface area contributed by atoms with Crippen LogP contribution in [-0.4, -0.2) is 42.2 Å². The number of aromatic nitrogens is 2. The minimum atomic E-state index is 0.509. The minimum absolute atomic E-state index is 0.509. The van der Waals surface area contributed by atoms with E-state index in [9.17, 15) is 0 Å². The van der Waals surface area contributed by atoms with Gasteiger partial charge in [0.1, 0.15) is 12.4 Å². The third-order valence-electron chi connectivity index (χ3n) is 3.84. The summed E-state index contributed by atoms with van der Waals surface area (Å²) in [6, 6.07) is 10.2. The molecule has 0 aliphatic carbocycles. The maximum absolute atomic E-state index is 5.57. The van der Waals surface area contributed by atoms with Crippen LogP contribution >= 0.6 is 0 Å². The van der Waals surface area contributed by atoms with Crippen LogP contribution in [0.5, 0.6) is 0 Å². The summed E-state index contributed by atoms with van der Waals surface area (Å²) in [6.07, 6.45) is 5.13. The third-order valence-corrected chi connectivity index (χ3v) is 3.84. The van der Waals surface area contributed by atoms with E-state index in [0.717, 1.165) is 62.2 Å². The fraction of sp³-hybridized carbons (Fsp3) is 0.500. The van der Waals surface area contributed by atoms with Gasteiger partial charge < -0.3 is 20.4 Å². The summed E-state index contributed by atoms with van der Waals surface area (Å²) in [6.45, 7) is 8.04. The van der Waals surface area contributed by atoms with E-state index < -0.39 is 0 Å². The fourth-order valence-electron chi connectivity index (χ4n) is 2.43. The maximum Gasteiger partial charge on any atom is 0.191 e. The molecule has 0 aliphatic rings. The molecule has 1 aromatic heterocycles. The highest BCUT2D eigenvalue weighted by molar-refractivity contribution is 5.79. The van der Waals surface area contributed by atoms with Gasteiger partial charge in [0.15, 0.2) is 5.96 Å². The normalized spacial score (nSPS) is 11.5. The lowest BCUT2D eigenvalue weighted by Gasteiger charge is -2.11. The Hall–Kier alpha value is -2.34. The Balaban J connectivity index is 1.78. The van der Waals surface area contributed by atoms with E-state index in [-0.39, 0.29) is 0 Å². The molecule has 142 valence electrons. The van der Waals surface area contributed by atoms with Crippen molar-refractivity contribution in [3.05, 3.63) is 42.4 Å². The lowest BCUT2D eigenvalue weighted by atomic mass is 10.2. The van der Waals surface area contributed by atoms with Crippen molar-refractivity contribution in [1.29, 1.82) is 0 Å². The van der Waals surface area contributed by atoms with E-state index in [1.807, 2.05) is 24.4 Å². The summed E-state index contributed by atoms with van der Waals surface area (Å²) in [4.78, 5) is 12.4. The minimum Gasteiger partial charge on any atom is -0.381 e. The number of aromatic amines is 1. The van der Waals surface area contributed by atoms with Crippen LogP contribution in [0.25, 0.3) is 11.3 Å². The Morgan fingerprint density at radius 2 is 1.92 bits per heavy atom. The first kappa shape index (κ1) is 20.0. The van der Waals surface area contributed by atoms with E-state index in [1.54, 1.807) is 0 Å². The summed E-state index contributed by atoms with van der Waals surface area (Å²) in [5.41, 5.74) is 2.14. The van der Waals surface area contributed by atoms with Crippen molar-refractivity contribution in [2.75, 3.05) is 26.3 Å². The number of H-pyrrole nitrogens is 1. The molecule has 26 heavy (non-hydrogen) atoms. The van der Waals surface area contributed by atoms with Gasteiger partial charge in [-0.1, -0.05) is 43.7 Å². The molecule has 0 saturated heterocycles. The quantitative estimate of drug-likeness (QED) is 0.328. The SMILES string of the molecule is CCCCOCCCNC(=NCc1ncc(-c2ccccc2)[nH]1)NCC. The Morgan fingerprint density at radius 1 is 1.12 bits per heavy atom. The summed E-state index contributed by atoms with van der Waals surface area (Å²) in [7, 11) is 0. The number of hydrogen-bond donors (Lipinski definition) is 3.